The molecule has 0 radical (unpaired) electrons. The molecule has 9 nitrogen and oxygen atoms in total. The molecular weight excluding hydrogens is 508 g/mol. The summed E-state index contributed by atoms with van der Waals surface area (Å²) in [5, 5.41) is 8.54. The van der Waals surface area contributed by atoms with E-state index in [1.54, 1.807) is 20.8 Å². The fourth-order valence-electron chi connectivity index (χ4n) is 4.44. The van der Waals surface area contributed by atoms with Crippen molar-refractivity contribution in [2.24, 2.45) is 10.9 Å². The second kappa shape index (κ2) is 11.9. The van der Waals surface area contributed by atoms with Crippen molar-refractivity contribution in [3.63, 3.8) is 0 Å². The van der Waals surface area contributed by atoms with Crippen molar-refractivity contribution in [3.8, 4) is 11.5 Å². The van der Waals surface area contributed by atoms with Crippen molar-refractivity contribution in [2.45, 2.75) is 60.1 Å². The topological polar surface area (TPSA) is 115 Å². The third kappa shape index (κ3) is 6.70. The van der Waals surface area contributed by atoms with Crippen molar-refractivity contribution in [1.82, 2.24) is 10.3 Å². The molecule has 212 valence electrons. The summed E-state index contributed by atoms with van der Waals surface area (Å²) in [5.41, 5.74) is 3.67. The number of anilines is 1. The maximum atomic E-state index is 12.7. The first-order valence-corrected chi connectivity index (χ1v) is 13.6. The highest BCUT2D eigenvalue weighted by Crippen LogP contribution is 2.32. The standard InChI is InChI=1S/C31H38N4O5/c1-8-32-22-16-25-24(15-19(22)4)34-28-21-12-10-9-11-20(21)23(17-26(28)39-25)33-13-14-38-29(36)27(18(2)3)35-30(37)40-31(5,6)7/h9-12,15-18,27,32H,8,13-14H2,1-7H3,(H,35,37). The van der Waals surface area contributed by atoms with Crippen LogP contribution >= 0.6 is 0 Å². The molecule has 0 fully saturated rings. The largest absolute Gasteiger partial charge is 0.462 e. The van der Waals surface area contributed by atoms with Gasteiger partial charge in [0.05, 0.1) is 11.9 Å². The molecule has 1 aliphatic heterocycles. The summed E-state index contributed by atoms with van der Waals surface area (Å²) in [6.07, 6.45) is -0.659. The summed E-state index contributed by atoms with van der Waals surface area (Å²) < 4.78 is 17.1. The normalized spacial score (nSPS) is 13.2. The van der Waals surface area contributed by atoms with Gasteiger partial charge in [0.2, 0.25) is 0 Å². The molecule has 1 unspecified atom stereocenters. The fraction of sp³-hybridized carbons (Fsp3) is 0.419. The Morgan fingerprint density at radius 3 is 2.50 bits per heavy atom. The molecule has 40 heavy (non-hydrogen) atoms. The van der Waals surface area contributed by atoms with Crippen LogP contribution in [0.25, 0.3) is 33.3 Å². The van der Waals surface area contributed by atoms with Gasteiger partial charge in [-0.3, -0.25) is 4.99 Å². The van der Waals surface area contributed by atoms with Crippen LogP contribution in [0.2, 0.25) is 0 Å². The molecule has 4 rings (SSSR count). The smallest absolute Gasteiger partial charge is 0.408 e. The lowest BCUT2D eigenvalue weighted by atomic mass is 10.0. The molecule has 0 saturated carbocycles. The Bertz CT molecular complexity index is 1570. The number of aryl methyl sites for hydroxylation is 1. The molecule has 1 heterocycles. The average molecular weight is 547 g/mol. The highest BCUT2D eigenvalue weighted by atomic mass is 16.6. The van der Waals surface area contributed by atoms with E-state index in [1.165, 1.54) is 0 Å². The summed E-state index contributed by atoms with van der Waals surface area (Å²) in [4.78, 5) is 34.6. The Morgan fingerprint density at radius 1 is 1.10 bits per heavy atom. The van der Waals surface area contributed by atoms with Crippen LogP contribution in [-0.4, -0.2) is 48.4 Å². The van der Waals surface area contributed by atoms with E-state index < -0.39 is 23.7 Å². The minimum Gasteiger partial charge on any atom is -0.462 e. The lowest BCUT2D eigenvalue weighted by Crippen LogP contribution is -2.47. The summed E-state index contributed by atoms with van der Waals surface area (Å²) in [6.45, 7) is 14.2. The number of benzene rings is 3. The first kappa shape index (κ1) is 28.9. The molecule has 0 spiro atoms. The van der Waals surface area contributed by atoms with E-state index in [4.69, 9.17) is 23.9 Å². The third-order valence-electron chi connectivity index (χ3n) is 6.30. The minimum absolute atomic E-state index is 0.0584. The molecule has 0 bridgehead atoms. The SMILES string of the molecule is CCNc1cc2oc3cc(=NCCOC(=O)C(NC(=O)OC(C)(C)C)C(C)C)c4ccccc4c-3nc2cc1C. The fourth-order valence-corrected chi connectivity index (χ4v) is 4.44. The first-order valence-electron chi connectivity index (χ1n) is 13.6. The number of carbonyl (C=O) groups excluding carboxylic acids is 2. The van der Waals surface area contributed by atoms with E-state index in [2.05, 4.69) is 17.6 Å². The second-order valence-electron chi connectivity index (χ2n) is 11.1. The minimum atomic E-state index is -0.828. The van der Waals surface area contributed by atoms with E-state index in [1.807, 2.05) is 63.2 Å². The van der Waals surface area contributed by atoms with Crippen LogP contribution in [0.1, 0.15) is 47.1 Å². The van der Waals surface area contributed by atoms with Gasteiger partial charge in [0.15, 0.2) is 11.3 Å². The number of esters is 1. The number of nitrogens with zero attached hydrogens (tertiary/aromatic N) is 2. The molecule has 1 aliphatic carbocycles. The van der Waals surface area contributed by atoms with Gasteiger partial charge in [-0.15, -0.1) is 0 Å². The predicted molar refractivity (Wildman–Crippen MR) is 156 cm³/mol. The van der Waals surface area contributed by atoms with Crippen LogP contribution in [0, 0.1) is 12.8 Å². The average Bonchev–Trinajstić information content (AvgIpc) is 2.88. The van der Waals surface area contributed by atoms with E-state index in [0.717, 1.165) is 45.1 Å². The van der Waals surface area contributed by atoms with Crippen LogP contribution in [0.15, 0.2) is 51.9 Å². The maximum Gasteiger partial charge on any atom is 0.408 e. The molecule has 2 N–H and O–H groups in total. The number of nitrogens with one attached hydrogen (secondary N) is 2. The molecule has 1 atom stereocenters. The number of aromatic nitrogens is 1. The molecule has 2 aromatic rings. The van der Waals surface area contributed by atoms with Crippen LogP contribution in [-0.2, 0) is 14.3 Å². The van der Waals surface area contributed by atoms with Crippen LogP contribution in [0.3, 0.4) is 0 Å². The Hall–Kier alpha value is -4.14. The number of rotatable bonds is 8. The maximum absolute atomic E-state index is 12.7. The Kier molecular flexibility index (Phi) is 8.61. The highest BCUT2D eigenvalue weighted by Gasteiger charge is 2.28. The van der Waals surface area contributed by atoms with Crippen LogP contribution in [0.4, 0.5) is 10.5 Å². The van der Waals surface area contributed by atoms with Crippen molar-refractivity contribution in [3.05, 3.63) is 53.4 Å². The van der Waals surface area contributed by atoms with E-state index in [9.17, 15) is 9.59 Å². The van der Waals surface area contributed by atoms with Gasteiger partial charge in [0.25, 0.3) is 0 Å². The van der Waals surface area contributed by atoms with Crippen LogP contribution < -0.4 is 16.0 Å². The summed E-state index contributed by atoms with van der Waals surface area (Å²) in [5.74, 6) is -0.0892. The zero-order valence-electron chi connectivity index (χ0n) is 24.3. The number of ether oxygens (including phenoxy) is 2. The van der Waals surface area contributed by atoms with Gasteiger partial charge in [0, 0.05) is 35.1 Å². The van der Waals surface area contributed by atoms with E-state index in [-0.39, 0.29) is 19.1 Å². The van der Waals surface area contributed by atoms with E-state index in [0.29, 0.717) is 11.3 Å². The Balaban J connectivity index is 1.58. The quantitative estimate of drug-likeness (QED) is 0.124. The number of fused-ring (bicyclic) bond motifs is 4. The lowest BCUT2D eigenvalue weighted by molar-refractivity contribution is -0.147. The molecule has 2 aromatic carbocycles. The van der Waals surface area contributed by atoms with Crippen molar-refractivity contribution < 1.29 is 23.5 Å². The molecule has 0 saturated heterocycles. The van der Waals surface area contributed by atoms with Crippen molar-refractivity contribution in [2.75, 3.05) is 25.0 Å². The van der Waals surface area contributed by atoms with Gasteiger partial charge in [-0.25, -0.2) is 14.6 Å². The van der Waals surface area contributed by atoms with Crippen LogP contribution in [0.5, 0.6) is 0 Å². The predicted octanol–water partition coefficient (Wildman–Crippen LogP) is 5.82. The summed E-state index contributed by atoms with van der Waals surface area (Å²) in [7, 11) is 0. The first-order chi connectivity index (χ1) is 19.0. The zero-order valence-corrected chi connectivity index (χ0v) is 24.3. The van der Waals surface area contributed by atoms with Crippen molar-refractivity contribution >= 4 is 39.6 Å². The van der Waals surface area contributed by atoms with Gasteiger partial charge in [-0.05, 0) is 52.2 Å². The molecular formula is C31H38N4O5. The number of carbonyl (C=O) groups is 2. The van der Waals surface area contributed by atoms with Gasteiger partial charge < -0.3 is 24.5 Å². The van der Waals surface area contributed by atoms with Crippen molar-refractivity contribution in [1.29, 1.82) is 0 Å². The second-order valence-corrected chi connectivity index (χ2v) is 11.1. The number of amides is 1. The number of hydrogen-bond donors (Lipinski definition) is 2. The molecule has 1 amide bonds. The Morgan fingerprint density at radius 2 is 1.82 bits per heavy atom. The van der Waals surface area contributed by atoms with Gasteiger partial charge >= 0.3 is 12.1 Å². The lowest BCUT2D eigenvalue weighted by Gasteiger charge is -2.24. The molecule has 2 aliphatic rings. The Labute approximate surface area is 234 Å². The van der Waals surface area contributed by atoms with E-state index >= 15 is 0 Å². The zero-order chi connectivity index (χ0) is 29.0. The van der Waals surface area contributed by atoms with Gasteiger partial charge in [0.1, 0.15) is 29.5 Å². The van der Waals surface area contributed by atoms with Gasteiger partial charge in [-0.2, -0.15) is 0 Å². The third-order valence-corrected chi connectivity index (χ3v) is 6.30. The highest BCUT2D eigenvalue weighted by molar-refractivity contribution is 5.96. The molecule has 0 aromatic heterocycles. The number of hydrogen-bond acceptors (Lipinski definition) is 8. The monoisotopic (exact) mass is 546 g/mol. The number of alkyl carbamates (subject to hydrolysis) is 1. The summed E-state index contributed by atoms with van der Waals surface area (Å²) in [6, 6.07) is 13.0. The van der Waals surface area contributed by atoms with Gasteiger partial charge in [-0.1, -0.05) is 38.1 Å². The summed E-state index contributed by atoms with van der Waals surface area (Å²) >= 11 is 0. The molecule has 9 heteroatoms.